The van der Waals surface area contributed by atoms with Gasteiger partial charge in [-0.1, -0.05) is 0 Å². The van der Waals surface area contributed by atoms with E-state index in [0.717, 1.165) is 5.75 Å². The molecule has 0 N–H and O–H groups in total. The van der Waals surface area contributed by atoms with Crippen LogP contribution in [0, 0.1) is 0 Å². The van der Waals surface area contributed by atoms with Crippen molar-refractivity contribution in [2.24, 2.45) is 9.98 Å². The molecule has 4 nitrogen and oxygen atoms in total. The lowest BCUT2D eigenvalue weighted by atomic mass is 10.3. The van der Waals surface area contributed by atoms with Gasteiger partial charge in [0.25, 0.3) is 0 Å². The molecule has 0 fully saturated rings. The fourth-order valence-corrected chi connectivity index (χ4v) is 1.08. The van der Waals surface area contributed by atoms with Crippen molar-refractivity contribution in [3.8, 4) is 11.5 Å². The van der Waals surface area contributed by atoms with Crippen molar-refractivity contribution in [1.29, 1.82) is 0 Å². The molecular formula is C12H16N2O2. The Morgan fingerprint density at radius 1 is 1.19 bits per heavy atom. The monoisotopic (exact) mass is 220 g/mol. The summed E-state index contributed by atoms with van der Waals surface area (Å²) in [6, 6.07) is 8.23. The predicted octanol–water partition coefficient (Wildman–Crippen LogP) is 2.92. The highest BCUT2D eigenvalue weighted by Crippen LogP contribution is 2.30. The predicted molar refractivity (Wildman–Crippen MR) is 64.2 cm³/mol. The van der Waals surface area contributed by atoms with E-state index in [2.05, 4.69) is 16.0 Å². The number of rotatable bonds is 4. The van der Waals surface area contributed by atoms with E-state index < -0.39 is 0 Å². The number of ether oxygens (including phenoxy) is 2. The Balaban J connectivity index is 3.00. The van der Waals surface area contributed by atoms with E-state index in [1.807, 2.05) is 19.9 Å². The molecule has 86 valence electrons. The molecule has 1 rings (SSSR count). The summed E-state index contributed by atoms with van der Waals surface area (Å²) < 4.78 is 10.3. The second kappa shape index (κ2) is 5.93. The molecule has 1 aromatic carbocycles. The van der Waals surface area contributed by atoms with Crippen molar-refractivity contribution < 1.29 is 9.47 Å². The van der Waals surface area contributed by atoms with E-state index in [-0.39, 0.29) is 6.04 Å². The van der Waals surface area contributed by atoms with E-state index in [0.29, 0.717) is 11.4 Å². The minimum atomic E-state index is 0.188. The van der Waals surface area contributed by atoms with Crippen LogP contribution in [0.25, 0.3) is 0 Å². The number of benzene rings is 1. The van der Waals surface area contributed by atoms with Crippen LogP contribution in [0.3, 0.4) is 0 Å². The van der Waals surface area contributed by atoms with Gasteiger partial charge in [-0.3, -0.25) is 0 Å². The Hall–Kier alpha value is -1.80. The molecule has 0 radical (unpaired) electrons. The quantitative estimate of drug-likeness (QED) is 0.732. The Morgan fingerprint density at radius 3 is 2.50 bits per heavy atom. The second-order valence-corrected chi connectivity index (χ2v) is 3.47. The number of hydrogen-bond donors (Lipinski definition) is 0. The Bertz CT molecular complexity index is 407. The molecule has 0 saturated heterocycles. The molecule has 0 spiro atoms. The van der Waals surface area contributed by atoms with Crippen molar-refractivity contribution >= 4 is 11.7 Å². The molecule has 0 bridgehead atoms. The first-order valence-corrected chi connectivity index (χ1v) is 5.05. The van der Waals surface area contributed by atoms with Gasteiger partial charge in [0.05, 0.1) is 26.3 Å². The summed E-state index contributed by atoms with van der Waals surface area (Å²) in [5.74, 6) is 1.38. The van der Waals surface area contributed by atoms with Gasteiger partial charge in [-0.2, -0.15) is 4.99 Å². The largest absolute Gasteiger partial charge is 0.497 e. The Labute approximate surface area is 95.6 Å². The maximum absolute atomic E-state index is 5.19. The average Bonchev–Trinajstić information content (AvgIpc) is 2.29. The van der Waals surface area contributed by atoms with Crippen molar-refractivity contribution in [2.75, 3.05) is 14.2 Å². The lowest BCUT2D eigenvalue weighted by Gasteiger charge is -2.05. The maximum Gasteiger partial charge on any atom is 0.149 e. The summed E-state index contributed by atoms with van der Waals surface area (Å²) in [6.45, 7) is 3.93. The van der Waals surface area contributed by atoms with E-state index in [1.165, 1.54) is 0 Å². The zero-order chi connectivity index (χ0) is 12.0. The first-order valence-electron chi connectivity index (χ1n) is 5.05. The minimum absolute atomic E-state index is 0.188. The molecule has 16 heavy (non-hydrogen) atoms. The molecule has 4 heteroatoms. The van der Waals surface area contributed by atoms with Gasteiger partial charge in [0, 0.05) is 6.07 Å². The fourth-order valence-electron chi connectivity index (χ4n) is 1.08. The third-order valence-electron chi connectivity index (χ3n) is 1.87. The van der Waals surface area contributed by atoms with Gasteiger partial charge < -0.3 is 9.47 Å². The van der Waals surface area contributed by atoms with E-state index >= 15 is 0 Å². The SMILES string of the molecule is COc1ccc(N=C=NC(C)C)c(OC)c1. The van der Waals surface area contributed by atoms with Gasteiger partial charge in [-0.15, -0.1) is 0 Å². The Morgan fingerprint density at radius 2 is 1.94 bits per heavy atom. The van der Waals surface area contributed by atoms with E-state index in [1.54, 1.807) is 26.4 Å². The highest BCUT2D eigenvalue weighted by molar-refractivity contribution is 5.61. The lowest BCUT2D eigenvalue weighted by molar-refractivity contribution is 0.395. The van der Waals surface area contributed by atoms with Gasteiger partial charge in [0.15, 0.2) is 0 Å². The number of hydrogen-bond acceptors (Lipinski definition) is 4. The van der Waals surface area contributed by atoms with Crippen LogP contribution >= 0.6 is 0 Å². The molecule has 0 saturated carbocycles. The molecule has 0 unspecified atom stereocenters. The highest BCUT2D eigenvalue weighted by Gasteiger charge is 2.02. The standard InChI is InChI=1S/C12H16N2O2/c1-9(2)13-8-14-11-6-5-10(15-3)7-12(11)16-4/h5-7,9H,1-4H3. The average molecular weight is 220 g/mol. The summed E-state index contributed by atoms with van der Waals surface area (Å²) in [5, 5.41) is 0. The number of nitrogens with zero attached hydrogens (tertiary/aromatic N) is 2. The van der Waals surface area contributed by atoms with Gasteiger partial charge in [-0.05, 0) is 26.0 Å². The van der Waals surface area contributed by atoms with Crippen molar-refractivity contribution in [2.45, 2.75) is 19.9 Å². The lowest BCUT2D eigenvalue weighted by Crippen LogP contribution is -1.87. The number of aliphatic imine (C=N–C) groups is 2. The van der Waals surface area contributed by atoms with Crippen LogP contribution in [-0.4, -0.2) is 26.3 Å². The molecular weight excluding hydrogens is 204 g/mol. The second-order valence-electron chi connectivity index (χ2n) is 3.47. The van der Waals surface area contributed by atoms with E-state index in [4.69, 9.17) is 9.47 Å². The normalized spacial score (nSPS) is 9.56. The van der Waals surface area contributed by atoms with Crippen molar-refractivity contribution in [1.82, 2.24) is 0 Å². The van der Waals surface area contributed by atoms with Gasteiger partial charge in [0.1, 0.15) is 17.2 Å². The molecule has 0 atom stereocenters. The zero-order valence-electron chi connectivity index (χ0n) is 10.0. The van der Waals surface area contributed by atoms with Crippen LogP contribution in [0.15, 0.2) is 28.2 Å². The summed E-state index contributed by atoms with van der Waals surface area (Å²) in [5.41, 5.74) is 0.688. The third-order valence-corrected chi connectivity index (χ3v) is 1.87. The molecule has 0 aliphatic carbocycles. The molecule has 0 heterocycles. The van der Waals surface area contributed by atoms with Crippen LogP contribution < -0.4 is 9.47 Å². The van der Waals surface area contributed by atoms with Gasteiger partial charge in [0.2, 0.25) is 0 Å². The van der Waals surface area contributed by atoms with Crippen molar-refractivity contribution in [3.63, 3.8) is 0 Å². The molecule has 0 aliphatic heterocycles. The van der Waals surface area contributed by atoms with Crippen LogP contribution in [0.1, 0.15) is 13.8 Å². The first kappa shape index (κ1) is 12.3. The first-order chi connectivity index (χ1) is 7.67. The molecule has 1 aromatic rings. The summed E-state index contributed by atoms with van der Waals surface area (Å²) in [4.78, 5) is 8.13. The fraction of sp³-hybridized carbons (Fsp3) is 0.417. The number of methoxy groups -OCH3 is 2. The maximum atomic E-state index is 5.19. The van der Waals surface area contributed by atoms with Gasteiger partial charge in [-0.25, -0.2) is 4.99 Å². The van der Waals surface area contributed by atoms with Crippen LogP contribution in [0.5, 0.6) is 11.5 Å². The summed E-state index contributed by atoms with van der Waals surface area (Å²) >= 11 is 0. The van der Waals surface area contributed by atoms with Crippen LogP contribution in [0.4, 0.5) is 5.69 Å². The van der Waals surface area contributed by atoms with E-state index in [9.17, 15) is 0 Å². The topological polar surface area (TPSA) is 43.2 Å². The summed E-state index contributed by atoms with van der Waals surface area (Å²) in [7, 11) is 3.20. The van der Waals surface area contributed by atoms with Crippen LogP contribution in [0.2, 0.25) is 0 Å². The van der Waals surface area contributed by atoms with Gasteiger partial charge >= 0.3 is 0 Å². The molecule has 0 aromatic heterocycles. The Kier molecular flexibility index (Phi) is 4.55. The summed E-state index contributed by atoms with van der Waals surface area (Å²) in [6.07, 6.45) is 0. The smallest absolute Gasteiger partial charge is 0.149 e. The zero-order valence-corrected chi connectivity index (χ0v) is 10.0. The van der Waals surface area contributed by atoms with Crippen molar-refractivity contribution in [3.05, 3.63) is 18.2 Å². The van der Waals surface area contributed by atoms with Crippen LogP contribution in [-0.2, 0) is 0 Å². The minimum Gasteiger partial charge on any atom is -0.497 e. The highest BCUT2D eigenvalue weighted by atomic mass is 16.5. The molecule has 0 aliphatic rings. The third kappa shape index (κ3) is 3.41. The molecule has 0 amide bonds.